The fraction of sp³-hybridized carbons (Fsp3) is 0.538. The van der Waals surface area contributed by atoms with E-state index >= 15 is 0 Å². The monoisotopic (exact) mass is 222 g/mol. The van der Waals surface area contributed by atoms with Crippen molar-refractivity contribution in [1.82, 2.24) is 4.90 Å². The summed E-state index contributed by atoms with van der Waals surface area (Å²) in [5.41, 5.74) is 7.00. The summed E-state index contributed by atoms with van der Waals surface area (Å²) in [5, 5.41) is 0. The minimum Gasteiger partial charge on any atom is -0.497 e. The zero-order valence-corrected chi connectivity index (χ0v) is 10.4. The van der Waals surface area contributed by atoms with E-state index in [0.29, 0.717) is 0 Å². The summed E-state index contributed by atoms with van der Waals surface area (Å²) in [5.74, 6) is 0.915. The molecule has 0 saturated heterocycles. The molecule has 0 aliphatic carbocycles. The molecule has 0 aromatic heterocycles. The lowest BCUT2D eigenvalue weighted by Gasteiger charge is -2.18. The molecule has 1 aromatic carbocycles. The number of ether oxygens (including phenoxy) is 1. The molecule has 0 bridgehead atoms. The van der Waals surface area contributed by atoms with Gasteiger partial charge in [-0.15, -0.1) is 0 Å². The van der Waals surface area contributed by atoms with Crippen LogP contribution in [0.3, 0.4) is 0 Å². The number of hydrogen-bond acceptors (Lipinski definition) is 3. The van der Waals surface area contributed by atoms with Gasteiger partial charge in [0.2, 0.25) is 0 Å². The number of hydrogen-bond donors (Lipinski definition) is 1. The third kappa shape index (κ3) is 4.64. The highest BCUT2D eigenvalue weighted by Gasteiger charge is 2.02. The first-order chi connectivity index (χ1) is 7.61. The summed E-state index contributed by atoms with van der Waals surface area (Å²) in [4.78, 5) is 2.28. The van der Waals surface area contributed by atoms with Gasteiger partial charge in [0.1, 0.15) is 5.75 Å². The number of rotatable bonds is 6. The van der Waals surface area contributed by atoms with Gasteiger partial charge in [-0.05, 0) is 44.6 Å². The number of nitrogens with two attached hydrogens (primary N) is 1. The minimum atomic E-state index is 0.271. The van der Waals surface area contributed by atoms with Crippen molar-refractivity contribution < 1.29 is 4.74 Å². The molecule has 1 rings (SSSR count). The van der Waals surface area contributed by atoms with Crippen molar-refractivity contribution in [3.8, 4) is 5.75 Å². The quantitative estimate of drug-likeness (QED) is 0.798. The third-order valence-corrected chi connectivity index (χ3v) is 2.55. The van der Waals surface area contributed by atoms with E-state index in [9.17, 15) is 0 Å². The van der Waals surface area contributed by atoms with Crippen molar-refractivity contribution in [3.63, 3.8) is 0 Å². The zero-order valence-electron chi connectivity index (χ0n) is 10.4. The molecule has 0 heterocycles. The van der Waals surface area contributed by atoms with Crippen LogP contribution in [0.5, 0.6) is 5.75 Å². The van der Waals surface area contributed by atoms with Gasteiger partial charge in [0.05, 0.1) is 7.11 Å². The van der Waals surface area contributed by atoms with Crippen molar-refractivity contribution in [2.45, 2.75) is 25.9 Å². The van der Waals surface area contributed by atoms with Crippen LogP contribution in [-0.4, -0.2) is 31.6 Å². The van der Waals surface area contributed by atoms with Crippen LogP contribution in [0.2, 0.25) is 0 Å². The Labute approximate surface area is 98.2 Å². The van der Waals surface area contributed by atoms with Gasteiger partial charge in [0.25, 0.3) is 0 Å². The normalized spacial score (nSPS) is 12.8. The van der Waals surface area contributed by atoms with E-state index in [-0.39, 0.29) is 6.04 Å². The van der Waals surface area contributed by atoms with Crippen molar-refractivity contribution in [1.29, 1.82) is 0 Å². The van der Waals surface area contributed by atoms with Crippen molar-refractivity contribution in [2.24, 2.45) is 5.73 Å². The largest absolute Gasteiger partial charge is 0.497 e. The Balaban J connectivity index is 2.45. The van der Waals surface area contributed by atoms with Crippen LogP contribution in [0, 0.1) is 0 Å². The summed E-state index contributed by atoms with van der Waals surface area (Å²) in [6.45, 7) is 4.00. The lowest BCUT2D eigenvalue weighted by atomic mass is 10.2. The van der Waals surface area contributed by atoms with Crippen molar-refractivity contribution in [3.05, 3.63) is 29.8 Å². The van der Waals surface area contributed by atoms with Crippen molar-refractivity contribution in [2.75, 3.05) is 20.7 Å². The summed E-state index contributed by atoms with van der Waals surface area (Å²) in [7, 11) is 3.81. The average molecular weight is 222 g/mol. The topological polar surface area (TPSA) is 38.5 Å². The standard InChI is InChI=1S/C13H22N2O/c1-11(14)7-8-15(2)10-12-5-4-6-13(9-12)16-3/h4-6,9,11H,7-8,10,14H2,1-3H3. The fourth-order valence-corrected chi connectivity index (χ4v) is 1.59. The lowest BCUT2D eigenvalue weighted by molar-refractivity contribution is 0.313. The average Bonchev–Trinajstić information content (AvgIpc) is 2.26. The predicted molar refractivity (Wildman–Crippen MR) is 67.6 cm³/mol. The molecule has 1 atom stereocenters. The molecule has 0 fully saturated rings. The molecular formula is C13H22N2O. The second-order valence-electron chi connectivity index (χ2n) is 4.36. The van der Waals surface area contributed by atoms with E-state index in [1.807, 2.05) is 19.1 Å². The third-order valence-electron chi connectivity index (χ3n) is 2.55. The van der Waals surface area contributed by atoms with Crippen LogP contribution in [0.15, 0.2) is 24.3 Å². The maximum absolute atomic E-state index is 5.73. The second kappa shape index (κ2) is 6.51. The smallest absolute Gasteiger partial charge is 0.119 e. The maximum Gasteiger partial charge on any atom is 0.119 e. The van der Waals surface area contributed by atoms with Gasteiger partial charge in [0, 0.05) is 12.6 Å². The number of methoxy groups -OCH3 is 1. The van der Waals surface area contributed by atoms with Crippen LogP contribution in [0.25, 0.3) is 0 Å². The molecule has 0 aliphatic heterocycles. The zero-order chi connectivity index (χ0) is 12.0. The van der Waals surface area contributed by atoms with Gasteiger partial charge in [0.15, 0.2) is 0 Å². The predicted octanol–water partition coefficient (Wildman–Crippen LogP) is 1.86. The Kier molecular flexibility index (Phi) is 5.29. The first-order valence-electron chi connectivity index (χ1n) is 5.69. The van der Waals surface area contributed by atoms with Crippen LogP contribution in [-0.2, 0) is 6.54 Å². The number of nitrogens with zero attached hydrogens (tertiary/aromatic N) is 1. The van der Waals surface area contributed by atoms with E-state index < -0.39 is 0 Å². The molecule has 0 aliphatic rings. The Hall–Kier alpha value is -1.06. The van der Waals surface area contributed by atoms with Crippen molar-refractivity contribution >= 4 is 0 Å². The summed E-state index contributed by atoms with van der Waals surface area (Å²) < 4.78 is 5.20. The summed E-state index contributed by atoms with van der Waals surface area (Å²) in [6.07, 6.45) is 1.03. The molecule has 3 nitrogen and oxygen atoms in total. The van der Waals surface area contributed by atoms with E-state index in [1.165, 1.54) is 5.56 Å². The molecule has 0 amide bonds. The van der Waals surface area contributed by atoms with E-state index in [4.69, 9.17) is 10.5 Å². The Morgan fingerprint density at radius 3 is 2.81 bits per heavy atom. The van der Waals surface area contributed by atoms with E-state index in [2.05, 4.69) is 24.1 Å². The van der Waals surface area contributed by atoms with Crippen LogP contribution >= 0.6 is 0 Å². The van der Waals surface area contributed by atoms with Gasteiger partial charge in [-0.1, -0.05) is 12.1 Å². The molecule has 0 radical (unpaired) electrons. The summed E-state index contributed by atoms with van der Waals surface area (Å²) in [6, 6.07) is 8.44. The van der Waals surface area contributed by atoms with Gasteiger partial charge in [-0.3, -0.25) is 0 Å². The van der Waals surface area contributed by atoms with Gasteiger partial charge in [-0.25, -0.2) is 0 Å². The lowest BCUT2D eigenvalue weighted by Crippen LogP contribution is -2.25. The number of benzene rings is 1. The SMILES string of the molecule is COc1cccc(CN(C)CCC(C)N)c1. The van der Waals surface area contributed by atoms with E-state index in [1.54, 1.807) is 7.11 Å². The molecule has 0 spiro atoms. The first-order valence-corrected chi connectivity index (χ1v) is 5.69. The molecule has 3 heteroatoms. The molecule has 90 valence electrons. The molecular weight excluding hydrogens is 200 g/mol. The van der Waals surface area contributed by atoms with Crippen LogP contribution < -0.4 is 10.5 Å². The van der Waals surface area contributed by atoms with Gasteiger partial charge in [-0.2, -0.15) is 0 Å². The highest BCUT2D eigenvalue weighted by molar-refractivity contribution is 5.28. The molecule has 0 saturated carbocycles. The maximum atomic E-state index is 5.73. The fourth-order valence-electron chi connectivity index (χ4n) is 1.59. The Morgan fingerprint density at radius 1 is 1.44 bits per heavy atom. The molecule has 2 N–H and O–H groups in total. The van der Waals surface area contributed by atoms with Gasteiger partial charge >= 0.3 is 0 Å². The van der Waals surface area contributed by atoms with Crippen LogP contribution in [0.1, 0.15) is 18.9 Å². The Bertz CT molecular complexity index is 313. The molecule has 1 unspecified atom stereocenters. The van der Waals surface area contributed by atoms with Gasteiger partial charge < -0.3 is 15.4 Å². The first kappa shape index (κ1) is 13.0. The Morgan fingerprint density at radius 2 is 2.19 bits per heavy atom. The van der Waals surface area contributed by atoms with Crippen LogP contribution in [0.4, 0.5) is 0 Å². The van der Waals surface area contributed by atoms with E-state index in [0.717, 1.165) is 25.3 Å². The second-order valence-corrected chi connectivity index (χ2v) is 4.36. The minimum absolute atomic E-state index is 0.271. The summed E-state index contributed by atoms with van der Waals surface area (Å²) >= 11 is 0. The molecule has 1 aromatic rings. The molecule has 16 heavy (non-hydrogen) atoms. The highest BCUT2D eigenvalue weighted by Crippen LogP contribution is 2.13. The highest BCUT2D eigenvalue weighted by atomic mass is 16.5.